The molecule has 0 saturated carbocycles. The van der Waals surface area contributed by atoms with E-state index in [1.165, 1.54) is 4.70 Å². The Balaban J connectivity index is 1.69. The van der Waals surface area contributed by atoms with Gasteiger partial charge in [0, 0.05) is 25.7 Å². The number of benzene rings is 1. The van der Waals surface area contributed by atoms with E-state index in [0.717, 1.165) is 10.6 Å². The number of thiazole rings is 1. The number of fused-ring (bicyclic) bond motifs is 1. The molecule has 0 aliphatic carbocycles. The van der Waals surface area contributed by atoms with Crippen LogP contribution in [0.25, 0.3) is 10.2 Å². The average Bonchev–Trinajstić information content (AvgIpc) is 2.95. The van der Waals surface area contributed by atoms with E-state index in [4.69, 9.17) is 0 Å². The van der Waals surface area contributed by atoms with Crippen molar-refractivity contribution in [1.82, 2.24) is 20.9 Å². The van der Waals surface area contributed by atoms with Gasteiger partial charge < -0.3 is 21.3 Å². The zero-order chi connectivity index (χ0) is 18.3. The van der Waals surface area contributed by atoms with Crippen LogP contribution in [0.5, 0.6) is 0 Å². The molecular formula is C17H26N6OS. The summed E-state index contributed by atoms with van der Waals surface area (Å²) in [5.41, 5.74) is 0.766. The molecule has 0 fully saturated rings. The number of para-hydroxylation sites is 1. The predicted molar refractivity (Wildman–Crippen MR) is 105 cm³/mol. The lowest BCUT2D eigenvalue weighted by molar-refractivity contribution is -0.121. The number of nitrogens with zero attached hydrogens (tertiary/aromatic N) is 2. The fourth-order valence-corrected chi connectivity index (χ4v) is 3.04. The van der Waals surface area contributed by atoms with Gasteiger partial charge in [0.1, 0.15) is 0 Å². The van der Waals surface area contributed by atoms with Gasteiger partial charge in [-0.1, -0.05) is 23.5 Å². The van der Waals surface area contributed by atoms with E-state index in [2.05, 4.69) is 37.3 Å². The molecule has 8 heteroatoms. The lowest BCUT2D eigenvalue weighted by Crippen LogP contribution is -2.48. The molecule has 1 aromatic carbocycles. The molecule has 1 aromatic heterocycles. The first-order valence-electron chi connectivity index (χ1n) is 8.22. The monoisotopic (exact) mass is 362 g/mol. The maximum Gasteiger partial charge on any atom is 0.239 e. The maximum atomic E-state index is 11.8. The SMILES string of the molecule is CN=C(NCCNc1nc2ccccc2s1)NCC(=O)NC(C)(C)C. The maximum absolute atomic E-state index is 11.8. The van der Waals surface area contributed by atoms with Gasteiger partial charge >= 0.3 is 0 Å². The first-order valence-corrected chi connectivity index (χ1v) is 9.04. The van der Waals surface area contributed by atoms with Gasteiger partial charge in [0.05, 0.1) is 16.8 Å². The van der Waals surface area contributed by atoms with Gasteiger partial charge in [-0.15, -0.1) is 0 Å². The molecule has 136 valence electrons. The van der Waals surface area contributed by atoms with E-state index in [1.807, 2.05) is 39.0 Å². The molecule has 4 N–H and O–H groups in total. The topological polar surface area (TPSA) is 90.4 Å². The fourth-order valence-electron chi connectivity index (χ4n) is 2.15. The highest BCUT2D eigenvalue weighted by molar-refractivity contribution is 7.22. The van der Waals surface area contributed by atoms with E-state index in [1.54, 1.807) is 18.4 Å². The second kappa shape index (κ2) is 8.66. The van der Waals surface area contributed by atoms with E-state index in [0.29, 0.717) is 19.0 Å². The van der Waals surface area contributed by atoms with Gasteiger partial charge in [0.15, 0.2) is 11.1 Å². The van der Waals surface area contributed by atoms with Crippen LogP contribution in [0, 0.1) is 0 Å². The number of carbonyl (C=O) groups excluding carboxylic acids is 1. The van der Waals surface area contributed by atoms with Gasteiger partial charge in [-0.2, -0.15) is 0 Å². The lowest BCUT2D eigenvalue weighted by Gasteiger charge is -2.21. The van der Waals surface area contributed by atoms with E-state index < -0.39 is 0 Å². The smallest absolute Gasteiger partial charge is 0.239 e. The third kappa shape index (κ3) is 6.58. The van der Waals surface area contributed by atoms with Crippen LogP contribution in [0.2, 0.25) is 0 Å². The van der Waals surface area contributed by atoms with Crippen LogP contribution in [0.4, 0.5) is 5.13 Å². The summed E-state index contributed by atoms with van der Waals surface area (Å²) in [4.78, 5) is 20.4. The standard InChI is InChI=1S/C17H26N6OS/c1-17(2,3)23-14(24)11-21-15(18-4)19-9-10-20-16-22-12-7-5-6-8-13(12)25-16/h5-8H,9-11H2,1-4H3,(H,20,22)(H,23,24)(H2,18,19,21). The molecule has 0 aliphatic heterocycles. The van der Waals surface area contributed by atoms with Crippen molar-refractivity contribution in [1.29, 1.82) is 0 Å². The first-order chi connectivity index (χ1) is 11.9. The Bertz CT molecular complexity index is 701. The summed E-state index contributed by atoms with van der Waals surface area (Å²) in [5.74, 6) is 0.526. The van der Waals surface area contributed by atoms with Crippen molar-refractivity contribution in [3.8, 4) is 0 Å². The number of anilines is 1. The number of nitrogens with one attached hydrogen (secondary N) is 4. The van der Waals surface area contributed by atoms with Gasteiger partial charge in [-0.3, -0.25) is 9.79 Å². The molecule has 1 amide bonds. The highest BCUT2D eigenvalue weighted by atomic mass is 32.1. The molecule has 0 bridgehead atoms. The lowest BCUT2D eigenvalue weighted by atomic mass is 10.1. The number of guanidine groups is 1. The summed E-state index contributed by atoms with van der Waals surface area (Å²) in [5, 5.41) is 13.3. The van der Waals surface area contributed by atoms with Crippen molar-refractivity contribution in [3.05, 3.63) is 24.3 Å². The van der Waals surface area contributed by atoms with Gasteiger partial charge in [-0.25, -0.2) is 4.98 Å². The van der Waals surface area contributed by atoms with Crippen LogP contribution in [0.3, 0.4) is 0 Å². The van der Waals surface area contributed by atoms with Crippen LogP contribution < -0.4 is 21.3 Å². The summed E-state index contributed by atoms with van der Waals surface area (Å²) in [6.07, 6.45) is 0. The number of rotatable bonds is 6. The van der Waals surface area contributed by atoms with Gasteiger partial charge in [0.25, 0.3) is 0 Å². The molecule has 0 saturated heterocycles. The molecule has 0 atom stereocenters. The number of aromatic nitrogens is 1. The van der Waals surface area contributed by atoms with Crippen LogP contribution in [-0.2, 0) is 4.79 Å². The molecule has 0 aliphatic rings. The van der Waals surface area contributed by atoms with Crippen LogP contribution in [-0.4, -0.2) is 49.1 Å². The van der Waals surface area contributed by atoms with Gasteiger partial charge in [0.2, 0.25) is 5.91 Å². The predicted octanol–water partition coefficient (Wildman–Crippen LogP) is 1.79. The van der Waals surface area contributed by atoms with Crippen LogP contribution >= 0.6 is 11.3 Å². The molecule has 25 heavy (non-hydrogen) atoms. The minimum atomic E-state index is -0.239. The second-order valence-electron chi connectivity index (χ2n) is 6.56. The Morgan fingerprint density at radius 2 is 1.96 bits per heavy atom. The summed E-state index contributed by atoms with van der Waals surface area (Å²) in [6.45, 7) is 7.40. The molecule has 2 rings (SSSR count). The Morgan fingerprint density at radius 1 is 1.20 bits per heavy atom. The van der Waals surface area contributed by atoms with E-state index in [9.17, 15) is 4.79 Å². The normalized spacial score (nSPS) is 12.1. The molecule has 0 spiro atoms. The zero-order valence-corrected chi connectivity index (χ0v) is 16.0. The van der Waals surface area contributed by atoms with Crippen molar-refractivity contribution in [2.24, 2.45) is 4.99 Å². The molecule has 1 heterocycles. The summed E-state index contributed by atoms with van der Waals surface area (Å²) >= 11 is 1.63. The number of hydrogen-bond acceptors (Lipinski definition) is 5. The fraction of sp³-hybridized carbons (Fsp3) is 0.471. The Morgan fingerprint density at radius 3 is 2.64 bits per heavy atom. The van der Waals surface area contributed by atoms with Crippen molar-refractivity contribution < 1.29 is 4.79 Å². The Labute approximate surface area is 152 Å². The molecule has 0 unspecified atom stereocenters. The Kier molecular flexibility index (Phi) is 6.58. The highest BCUT2D eigenvalue weighted by Gasteiger charge is 2.13. The Hall–Kier alpha value is -2.35. The summed E-state index contributed by atoms with van der Waals surface area (Å²) < 4.78 is 1.17. The highest BCUT2D eigenvalue weighted by Crippen LogP contribution is 2.24. The minimum Gasteiger partial charge on any atom is -0.360 e. The molecule has 7 nitrogen and oxygen atoms in total. The van der Waals surface area contributed by atoms with E-state index in [-0.39, 0.29) is 18.0 Å². The van der Waals surface area contributed by atoms with Gasteiger partial charge in [-0.05, 0) is 32.9 Å². The third-order valence-electron chi connectivity index (χ3n) is 3.14. The number of hydrogen-bond donors (Lipinski definition) is 4. The number of amides is 1. The first kappa shape index (κ1) is 19.0. The molecule has 0 radical (unpaired) electrons. The third-order valence-corrected chi connectivity index (χ3v) is 4.14. The number of carbonyl (C=O) groups is 1. The summed E-state index contributed by atoms with van der Waals surface area (Å²) in [7, 11) is 1.68. The zero-order valence-electron chi connectivity index (χ0n) is 15.1. The van der Waals surface area contributed by atoms with Crippen molar-refractivity contribution >= 4 is 38.6 Å². The van der Waals surface area contributed by atoms with Crippen LogP contribution in [0.1, 0.15) is 20.8 Å². The van der Waals surface area contributed by atoms with Crippen molar-refractivity contribution in [2.75, 3.05) is 32.0 Å². The molecule has 2 aromatic rings. The second-order valence-corrected chi connectivity index (χ2v) is 7.59. The summed E-state index contributed by atoms with van der Waals surface area (Å²) in [6, 6.07) is 8.06. The number of aliphatic imine (C=N–C) groups is 1. The minimum absolute atomic E-state index is 0.0666. The van der Waals surface area contributed by atoms with E-state index >= 15 is 0 Å². The van der Waals surface area contributed by atoms with Crippen molar-refractivity contribution in [2.45, 2.75) is 26.3 Å². The van der Waals surface area contributed by atoms with Crippen LogP contribution in [0.15, 0.2) is 29.3 Å². The average molecular weight is 363 g/mol. The van der Waals surface area contributed by atoms with Crippen molar-refractivity contribution in [3.63, 3.8) is 0 Å². The molecular weight excluding hydrogens is 336 g/mol. The quantitative estimate of drug-likeness (QED) is 0.357. The largest absolute Gasteiger partial charge is 0.360 e.